The Hall–Kier alpha value is -2.52. The maximum Gasteiger partial charge on any atom is 0.292 e. The topological polar surface area (TPSA) is 82.8 Å². The molecule has 2 aromatic rings. The van der Waals surface area contributed by atoms with E-state index in [1.54, 1.807) is 23.5 Å². The van der Waals surface area contributed by atoms with Gasteiger partial charge in [-0.2, -0.15) is 0 Å². The molecule has 0 N–H and O–H groups in total. The summed E-state index contributed by atoms with van der Waals surface area (Å²) in [6.07, 6.45) is 1.76. The number of anilines is 1. The van der Waals surface area contributed by atoms with E-state index in [4.69, 9.17) is 0 Å². The monoisotopic (exact) mass is 429 g/mol. The van der Waals surface area contributed by atoms with Crippen molar-refractivity contribution in [2.75, 3.05) is 44.2 Å². The van der Waals surface area contributed by atoms with Gasteiger partial charge in [-0.05, 0) is 38.9 Å². The van der Waals surface area contributed by atoms with Gasteiger partial charge < -0.3 is 9.80 Å². The lowest BCUT2D eigenvalue weighted by molar-refractivity contribution is -0.384. The molecule has 0 bridgehead atoms. The molecule has 0 saturated carbocycles. The highest BCUT2D eigenvalue weighted by Crippen LogP contribution is 2.29. The van der Waals surface area contributed by atoms with E-state index in [1.807, 2.05) is 22.8 Å². The number of piperazine rings is 1. The fraction of sp³-hybridized carbons (Fsp3) is 0.524. The van der Waals surface area contributed by atoms with Crippen LogP contribution in [0.2, 0.25) is 0 Å². The van der Waals surface area contributed by atoms with Gasteiger partial charge in [-0.3, -0.25) is 19.8 Å². The number of hydrogen-bond acceptors (Lipinski definition) is 7. The highest BCUT2D eigenvalue weighted by molar-refractivity contribution is 7.09. The molecular weight excluding hydrogens is 402 g/mol. The molecule has 2 aliphatic heterocycles. The number of nitro benzene ring substituents is 1. The largest absolute Gasteiger partial charge is 0.362 e. The van der Waals surface area contributed by atoms with Gasteiger partial charge in [-0.1, -0.05) is 12.1 Å². The number of piperidine rings is 1. The van der Waals surface area contributed by atoms with Crippen LogP contribution in [0.1, 0.15) is 23.5 Å². The summed E-state index contributed by atoms with van der Waals surface area (Å²) >= 11 is 1.68. The van der Waals surface area contributed by atoms with Crippen molar-refractivity contribution in [3.05, 3.63) is 50.5 Å². The second-order valence-electron chi connectivity index (χ2n) is 7.97. The fourth-order valence-corrected chi connectivity index (χ4v) is 4.96. The Balaban J connectivity index is 1.27. The second-order valence-corrected chi connectivity index (χ2v) is 9.03. The zero-order valence-electron chi connectivity index (χ0n) is 17.2. The van der Waals surface area contributed by atoms with Crippen molar-refractivity contribution < 1.29 is 9.72 Å². The Labute approximate surface area is 180 Å². The summed E-state index contributed by atoms with van der Waals surface area (Å²) in [7, 11) is 0. The van der Waals surface area contributed by atoms with E-state index in [1.165, 1.54) is 6.07 Å². The number of thiazole rings is 1. The van der Waals surface area contributed by atoms with Gasteiger partial charge in [0.2, 0.25) is 5.91 Å². The van der Waals surface area contributed by atoms with Crippen molar-refractivity contribution in [2.45, 2.75) is 26.3 Å². The quantitative estimate of drug-likeness (QED) is 0.537. The molecule has 3 heterocycles. The van der Waals surface area contributed by atoms with Gasteiger partial charge >= 0.3 is 0 Å². The van der Waals surface area contributed by atoms with E-state index in [2.05, 4.69) is 15.3 Å². The number of hydrogen-bond donors (Lipinski definition) is 0. The molecule has 9 heteroatoms. The number of amides is 1. The number of rotatable bonds is 5. The predicted molar refractivity (Wildman–Crippen MR) is 117 cm³/mol. The molecule has 2 saturated heterocycles. The second kappa shape index (κ2) is 9.09. The van der Waals surface area contributed by atoms with Crippen LogP contribution in [0, 0.1) is 23.0 Å². The average molecular weight is 430 g/mol. The van der Waals surface area contributed by atoms with E-state index < -0.39 is 0 Å². The molecule has 1 amide bonds. The van der Waals surface area contributed by atoms with E-state index in [-0.39, 0.29) is 22.4 Å². The first-order valence-electron chi connectivity index (χ1n) is 10.4. The number of nitrogens with zero attached hydrogens (tertiary/aromatic N) is 5. The summed E-state index contributed by atoms with van der Waals surface area (Å²) in [6, 6.07) is 6.83. The van der Waals surface area contributed by atoms with Gasteiger partial charge in [0.1, 0.15) is 5.69 Å². The normalized spacial score (nSPS) is 18.6. The Bertz CT molecular complexity index is 902. The highest BCUT2D eigenvalue weighted by atomic mass is 32.1. The van der Waals surface area contributed by atoms with Crippen molar-refractivity contribution >= 4 is 28.6 Å². The van der Waals surface area contributed by atoms with Crippen molar-refractivity contribution in [1.29, 1.82) is 0 Å². The van der Waals surface area contributed by atoms with E-state index in [0.29, 0.717) is 31.9 Å². The number of para-hydroxylation sites is 2. The average Bonchev–Trinajstić information content (AvgIpc) is 3.18. The molecule has 0 spiro atoms. The number of aryl methyl sites for hydroxylation is 1. The van der Waals surface area contributed by atoms with E-state index in [9.17, 15) is 14.9 Å². The minimum atomic E-state index is -0.340. The third-order valence-corrected chi connectivity index (χ3v) is 6.82. The van der Waals surface area contributed by atoms with Crippen molar-refractivity contribution in [1.82, 2.24) is 14.8 Å². The standard InChI is InChI=1S/C21H27N5O3S/c1-16-22-18(15-30-16)14-23-8-6-17(7-9-23)21(27)25-12-10-24(11-13-25)19-4-2-3-5-20(19)26(28)29/h2-5,15,17H,6-14H2,1H3. The first-order chi connectivity index (χ1) is 14.5. The number of nitro groups is 1. The summed E-state index contributed by atoms with van der Waals surface area (Å²) in [5.41, 5.74) is 1.88. The zero-order chi connectivity index (χ0) is 21.1. The molecule has 0 atom stereocenters. The van der Waals surface area contributed by atoms with Crippen molar-refractivity contribution in [3.8, 4) is 0 Å². The number of aromatic nitrogens is 1. The number of carbonyl (C=O) groups is 1. The summed E-state index contributed by atoms with van der Waals surface area (Å²) in [5, 5.41) is 14.5. The Morgan fingerprint density at radius 3 is 2.50 bits per heavy atom. The van der Waals surface area contributed by atoms with Crippen LogP contribution in [-0.4, -0.2) is 64.9 Å². The molecule has 0 unspecified atom stereocenters. The van der Waals surface area contributed by atoms with Crippen LogP contribution in [0.15, 0.2) is 29.6 Å². The van der Waals surface area contributed by atoms with Crippen LogP contribution in [0.3, 0.4) is 0 Å². The van der Waals surface area contributed by atoms with E-state index >= 15 is 0 Å². The maximum atomic E-state index is 13.0. The molecule has 1 aromatic carbocycles. The Morgan fingerprint density at radius 1 is 1.17 bits per heavy atom. The molecule has 0 aliphatic carbocycles. The third kappa shape index (κ3) is 4.62. The Morgan fingerprint density at radius 2 is 1.87 bits per heavy atom. The number of benzene rings is 1. The molecular formula is C21H27N5O3S. The molecule has 1 aromatic heterocycles. The van der Waals surface area contributed by atoms with Gasteiger partial charge in [0, 0.05) is 50.1 Å². The first-order valence-corrected chi connectivity index (χ1v) is 11.3. The lowest BCUT2D eigenvalue weighted by Gasteiger charge is -2.39. The van der Waals surface area contributed by atoms with Crippen molar-refractivity contribution in [2.24, 2.45) is 5.92 Å². The minimum Gasteiger partial charge on any atom is -0.362 e. The molecule has 160 valence electrons. The SMILES string of the molecule is Cc1nc(CN2CCC(C(=O)N3CCN(c4ccccc4[N+](=O)[O-])CC3)CC2)cs1. The van der Waals surface area contributed by atoms with Gasteiger partial charge in [0.15, 0.2) is 0 Å². The lowest BCUT2D eigenvalue weighted by Crippen LogP contribution is -2.51. The maximum absolute atomic E-state index is 13.0. The molecule has 8 nitrogen and oxygen atoms in total. The first kappa shape index (κ1) is 20.7. The smallest absolute Gasteiger partial charge is 0.292 e. The van der Waals surface area contributed by atoms with Crippen molar-refractivity contribution in [3.63, 3.8) is 0 Å². The van der Waals surface area contributed by atoms with Gasteiger partial charge in [-0.25, -0.2) is 4.98 Å². The van der Waals surface area contributed by atoms with E-state index in [0.717, 1.165) is 43.2 Å². The molecule has 4 rings (SSSR count). The van der Waals surface area contributed by atoms with Gasteiger partial charge in [0.25, 0.3) is 5.69 Å². The van der Waals surface area contributed by atoms with Crippen LogP contribution < -0.4 is 4.90 Å². The summed E-state index contributed by atoms with van der Waals surface area (Å²) < 4.78 is 0. The zero-order valence-corrected chi connectivity index (χ0v) is 18.0. The van der Waals surface area contributed by atoms with Gasteiger partial charge in [-0.15, -0.1) is 11.3 Å². The molecule has 30 heavy (non-hydrogen) atoms. The third-order valence-electron chi connectivity index (χ3n) is 6.00. The fourth-order valence-electron chi connectivity index (χ4n) is 4.36. The molecule has 2 fully saturated rings. The molecule has 2 aliphatic rings. The number of carbonyl (C=O) groups excluding carboxylic acids is 1. The van der Waals surface area contributed by atoms with Crippen LogP contribution in [0.4, 0.5) is 11.4 Å². The Kier molecular flexibility index (Phi) is 6.29. The summed E-state index contributed by atoms with van der Waals surface area (Å²) in [4.78, 5) is 34.8. The van der Waals surface area contributed by atoms with Crippen LogP contribution >= 0.6 is 11.3 Å². The summed E-state index contributed by atoms with van der Waals surface area (Å²) in [6.45, 7) is 7.20. The van der Waals surface area contributed by atoms with Crippen LogP contribution in [-0.2, 0) is 11.3 Å². The summed E-state index contributed by atoms with van der Waals surface area (Å²) in [5.74, 6) is 0.317. The number of likely N-dealkylation sites (tertiary alicyclic amines) is 1. The van der Waals surface area contributed by atoms with Crippen LogP contribution in [0.5, 0.6) is 0 Å². The molecule has 0 radical (unpaired) electrons. The predicted octanol–water partition coefficient (Wildman–Crippen LogP) is 2.92. The highest BCUT2D eigenvalue weighted by Gasteiger charge is 2.31. The van der Waals surface area contributed by atoms with Gasteiger partial charge in [0.05, 0.1) is 15.6 Å². The van der Waals surface area contributed by atoms with Crippen LogP contribution in [0.25, 0.3) is 0 Å². The lowest BCUT2D eigenvalue weighted by atomic mass is 9.95. The minimum absolute atomic E-state index is 0.0797.